The molecule has 0 radical (unpaired) electrons. The van der Waals surface area contributed by atoms with Crippen molar-refractivity contribution < 1.29 is 18.0 Å². The number of nitrogens with two attached hydrogens (primary N) is 1. The van der Waals surface area contributed by atoms with E-state index in [0.29, 0.717) is 5.69 Å². The van der Waals surface area contributed by atoms with Crippen LogP contribution in [0.1, 0.15) is 37.7 Å². The molecular weight excluding hydrogens is 391 g/mol. The maximum Gasteiger partial charge on any atom is 0.417 e. The number of carbonyl (C=O) groups excluding carboxylic acids is 1. The van der Waals surface area contributed by atoms with E-state index < -0.39 is 17.8 Å². The first-order valence-electron chi connectivity index (χ1n) is 9.16. The Hall–Kier alpha value is -2.12. The van der Waals surface area contributed by atoms with Crippen LogP contribution in [-0.4, -0.2) is 16.9 Å². The summed E-state index contributed by atoms with van der Waals surface area (Å²) < 4.78 is 39.8. The number of nitrogens with one attached hydrogen (secondary N) is 1. The highest BCUT2D eigenvalue weighted by Gasteiger charge is 2.35. The lowest BCUT2D eigenvalue weighted by atomic mass is 9.84. The van der Waals surface area contributed by atoms with E-state index in [1.54, 1.807) is 0 Å². The molecule has 0 spiro atoms. The molecule has 1 fully saturated rings. The SMILES string of the molecule is NC(C(=O)Nc1ccc(-c2c(C(F)(F)F)ccnc2Cl)cc1)C1CCCCC1. The second-order valence-electron chi connectivity index (χ2n) is 7.01. The van der Waals surface area contributed by atoms with Gasteiger partial charge in [-0.2, -0.15) is 13.2 Å². The zero-order valence-electron chi connectivity index (χ0n) is 15.1. The van der Waals surface area contributed by atoms with E-state index in [9.17, 15) is 18.0 Å². The first-order valence-corrected chi connectivity index (χ1v) is 9.54. The van der Waals surface area contributed by atoms with Gasteiger partial charge in [-0.05, 0) is 42.5 Å². The zero-order valence-corrected chi connectivity index (χ0v) is 15.9. The fourth-order valence-electron chi connectivity index (χ4n) is 3.60. The topological polar surface area (TPSA) is 68.0 Å². The van der Waals surface area contributed by atoms with Crippen LogP contribution in [0.5, 0.6) is 0 Å². The Balaban J connectivity index is 1.77. The summed E-state index contributed by atoms with van der Waals surface area (Å²) in [6.45, 7) is 0. The molecule has 1 aliphatic rings. The molecule has 4 nitrogen and oxygen atoms in total. The molecule has 1 aromatic heterocycles. The maximum atomic E-state index is 13.3. The highest BCUT2D eigenvalue weighted by molar-refractivity contribution is 6.32. The fraction of sp³-hybridized carbons (Fsp3) is 0.400. The van der Waals surface area contributed by atoms with Crippen molar-refractivity contribution in [2.24, 2.45) is 11.7 Å². The van der Waals surface area contributed by atoms with Crippen molar-refractivity contribution in [3.8, 4) is 11.1 Å². The highest BCUT2D eigenvalue weighted by Crippen LogP contribution is 2.40. The summed E-state index contributed by atoms with van der Waals surface area (Å²) in [5.74, 6) is -0.119. The van der Waals surface area contributed by atoms with E-state index in [4.69, 9.17) is 17.3 Å². The molecule has 1 atom stereocenters. The number of aromatic nitrogens is 1. The molecule has 1 heterocycles. The molecule has 1 amide bonds. The highest BCUT2D eigenvalue weighted by atomic mass is 35.5. The van der Waals surface area contributed by atoms with Crippen molar-refractivity contribution in [2.45, 2.75) is 44.3 Å². The lowest BCUT2D eigenvalue weighted by Crippen LogP contribution is -2.42. The third-order valence-corrected chi connectivity index (χ3v) is 5.40. The van der Waals surface area contributed by atoms with Gasteiger partial charge < -0.3 is 11.1 Å². The van der Waals surface area contributed by atoms with E-state index in [1.807, 2.05) is 0 Å². The van der Waals surface area contributed by atoms with Crippen LogP contribution < -0.4 is 11.1 Å². The van der Waals surface area contributed by atoms with Crippen LogP contribution in [0.3, 0.4) is 0 Å². The fourth-order valence-corrected chi connectivity index (χ4v) is 3.87. The largest absolute Gasteiger partial charge is 0.417 e. The van der Waals surface area contributed by atoms with Gasteiger partial charge in [0.2, 0.25) is 5.91 Å². The average molecular weight is 412 g/mol. The molecule has 1 unspecified atom stereocenters. The lowest BCUT2D eigenvalue weighted by molar-refractivity contribution is -0.137. The molecule has 1 saturated carbocycles. The zero-order chi connectivity index (χ0) is 20.3. The predicted molar refractivity (Wildman–Crippen MR) is 103 cm³/mol. The van der Waals surface area contributed by atoms with Gasteiger partial charge >= 0.3 is 6.18 Å². The summed E-state index contributed by atoms with van der Waals surface area (Å²) in [6, 6.07) is 6.30. The smallest absolute Gasteiger partial charge is 0.325 e. The van der Waals surface area contributed by atoms with Crippen LogP contribution in [-0.2, 0) is 11.0 Å². The van der Waals surface area contributed by atoms with E-state index >= 15 is 0 Å². The summed E-state index contributed by atoms with van der Waals surface area (Å²) in [4.78, 5) is 16.1. The van der Waals surface area contributed by atoms with Gasteiger partial charge in [-0.15, -0.1) is 0 Å². The van der Waals surface area contributed by atoms with E-state index in [1.165, 1.54) is 30.7 Å². The minimum atomic E-state index is -4.55. The number of hydrogen-bond donors (Lipinski definition) is 2. The Morgan fingerprint density at radius 2 is 1.79 bits per heavy atom. The summed E-state index contributed by atoms with van der Waals surface area (Å²) in [7, 11) is 0. The monoisotopic (exact) mass is 411 g/mol. The molecule has 0 bridgehead atoms. The minimum absolute atomic E-state index is 0.163. The number of amides is 1. The first kappa shape index (κ1) is 20.6. The maximum absolute atomic E-state index is 13.3. The normalized spacial score (nSPS) is 16.6. The molecule has 2 aromatic rings. The molecule has 8 heteroatoms. The second kappa shape index (κ2) is 8.49. The van der Waals surface area contributed by atoms with E-state index in [2.05, 4.69) is 10.3 Å². The van der Waals surface area contributed by atoms with Crippen LogP contribution in [0.25, 0.3) is 11.1 Å². The van der Waals surface area contributed by atoms with Gasteiger partial charge in [-0.25, -0.2) is 4.98 Å². The van der Waals surface area contributed by atoms with Crippen molar-refractivity contribution in [1.82, 2.24) is 4.98 Å². The number of rotatable bonds is 4. The molecular formula is C20H21ClF3N3O. The van der Waals surface area contributed by atoms with Crippen LogP contribution in [0.4, 0.5) is 18.9 Å². The molecule has 1 aliphatic carbocycles. The van der Waals surface area contributed by atoms with E-state index in [-0.39, 0.29) is 28.1 Å². The number of halogens is 4. The van der Waals surface area contributed by atoms with Crippen molar-refractivity contribution in [2.75, 3.05) is 5.32 Å². The van der Waals surface area contributed by atoms with Crippen molar-refractivity contribution >= 4 is 23.2 Å². The summed E-state index contributed by atoms with van der Waals surface area (Å²) in [5, 5.41) is 2.51. The Bertz CT molecular complexity index is 834. The Morgan fingerprint density at radius 3 is 2.39 bits per heavy atom. The van der Waals surface area contributed by atoms with Crippen LogP contribution >= 0.6 is 11.6 Å². The first-order chi connectivity index (χ1) is 13.3. The molecule has 3 N–H and O–H groups in total. The average Bonchev–Trinajstić information content (AvgIpc) is 2.68. The second-order valence-corrected chi connectivity index (χ2v) is 7.37. The van der Waals surface area contributed by atoms with Crippen LogP contribution in [0.2, 0.25) is 5.15 Å². The van der Waals surface area contributed by atoms with Gasteiger partial charge in [0, 0.05) is 17.4 Å². The summed E-state index contributed by atoms with van der Waals surface area (Å²) in [5.41, 5.74) is 5.77. The molecule has 0 saturated heterocycles. The summed E-state index contributed by atoms with van der Waals surface area (Å²) in [6.07, 6.45) is 1.67. The van der Waals surface area contributed by atoms with Crippen LogP contribution in [0.15, 0.2) is 36.5 Å². The number of hydrogen-bond acceptors (Lipinski definition) is 3. The van der Waals surface area contributed by atoms with Gasteiger partial charge in [-0.1, -0.05) is 43.0 Å². The van der Waals surface area contributed by atoms with Gasteiger partial charge in [0.1, 0.15) is 5.15 Å². The predicted octanol–water partition coefficient (Wildman–Crippen LogP) is 5.27. The van der Waals surface area contributed by atoms with Crippen LogP contribution in [0, 0.1) is 5.92 Å². The number of pyridine rings is 1. The summed E-state index contributed by atoms with van der Waals surface area (Å²) >= 11 is 5.92. The number of benzene rings is 1. The van der Waals surface area contributed by atoms with Gasteiger partial charge in [0.15, 0.2) is 0 Å². The Labute approximate surface area is 166 Å². The minimum Gasteiger partial charge on any atom is -0.325 e. The standard InChI is InChI=1S/C20H21ClF3N3O/c21-18-16(15(10-11-26-18)20(22,23)24)12-6-8-14(9-7-12)27-19(28)17(25)13-4-2-1-3-5-13/h6-11,13,17H,1-5,25H2,(H,27,28). The lowest BCUT2D eigenvalue weighted by Gasteiger charge is -2.26. The Kier molecular flexibility index (Phi) is 6.25. The molecule has 3 rings (SSSR count). The quantitative estimate of drug-likeness (QED) is 0.673. The number of carbonyl (C=O) groups is 1. The molecule has 0 aliphatic heterocycles. The van der Waals surface area contributed by atoms with Gasteiger partial charge in [-0.3, -0.25) is 4.79 Å². The Morgan fingerprint density at radius 1 is 1.14 bits per heavy atom. The number of anilines is 1. The number of nitrogens with zero attached hydrogens (tertiary/aromatic N) is 1. The van der Waals surface area contributed by atoms with E-state index in [0.717, 1.165) is 37.9 Å². The van der Waals surface area contributed by atoms with Crippen molar-refractivity contribution in [3.63, 3.8) is 0 Å². The molecule has 1 aromatic carbocycles. The molecule has 150 valence electrons. The third kappa shape index (κ3) is 4.64. The molecule has 28 heavy (non-hydrogen) atoms. The van der Waals surface area contributed by atoms with Gasteiger partial charge in [0.25, 0.3) is 0 Å². The third-order valence-electron chi connectivity index (χ3n) is 5.11. The number of alkyl halides is 3. The van der Waals surface area contributed by atoms with Crippen molar-refractivity contribution in [1.29, 1.82) is 0 Å². The van der Waals surface area contributed by atoms with Crippen molar-refractivity contribution in [3.05, 3.63) is 47.2 Å². The van der Waals surface area contributed by atoms with Gasteiger partial charge in [0.05, 0.1) is 11.6 Å².